The van der Waals surface area contributed by atoms with Gasteiger partial charge in [-0.3, -0.25) is 19.4 Å². The van der Waals surface area contributed by atoms with E-state index in [4.69, 9.17) is 11.6 Å². The van der Waals surface area contributed by atoms with Crippen molar-refractivity contribution in [3.63, 3.8) is 0 Å². The van der Waals surface area contributed by atoms with Gasteiger partial charge in [-0.05, 0) is 54.7 Å². The molecule has 2 amide bonds. The van der Waals surface area contributed by atoms with Crippen LogP contribution in [0.1, 0.15) is 36.8 Å². The van der Waals surface area contributed by atoms with Crippen molar-refractivity contribution in [2.45, 2.75) is 38.8 Å². The predicted octanol–water partition coefficient (Wildman–Crippen LogP) is 4.92. The first-order chi connectivity index (χ1) is 21.5. The third-order valence-electron chi connectivity index (χ3n) is 9.02. The molecule has 3 heterocycles. The van der Waals surface area contributed by atoms with Gasteiger partial charge in [0, 0.05) is 95.6 Å². The molecule has 232 valence electrons. The lowest BCUT2D eigenvalue weighted by Crippen LogP contribution is -2.48. The number of piperazine rings is 1. The number of carbonyl (C=O) groups excluding carboxylic acids is 2. The Bertz CT molecular complexity index is 1390. The zero-order chi connectivity index (χ0) is 30.3. The zero-order valence-electron chi connectivity index (χ0n) is 25.5. The summed E-state index contributed by atoms with van der Waals surface area (Å²) in [6.07, 6.45) is 5.06. The summed E-state index contributed by atoms with van der Waals surface area (Å²) in [5.74, 6) is 1.45. The number of carbonyl (C=O) groups is 2. The van der Waals surface area contributed by atoms with E-state index in [1.165, 1.54) is 5.56 Å². The van der Waals surface area contributed by atoms with Crippen molar-refractivity contribution in [2.24, 2.45) is 5.92 Å². The van der Waals surface area contributed by atoms with Gasteiger partial charge < -0.3 is 14.7 Å². The molecule has 3 aliphatic rings. The maximum absolute atomic E-state index is 13.9. The molecule has 1 saturated carbocycles. The Hall–Kier alpha value is -3.46. The first-order valence-electron chi connectivity index (χ1n) is 16.1. The van der Waals surface area contributed by atoms with E-state index in [9.17, 15) is 9.59 Å². The van der Waals surface area contributed by atoms with E-state index in [0.29, 0.717) is 31.1 Å². The predicted molar refractivity (Wildman–Crippen MR) is 176 cm³/mol. The Kier molecular flexibility index (Phi) is 10.1. The summed E-state index contributed by atoms with van der Waals surface area (Å²) in [6, 6.07) is 22.3. The molecule has 0 radical (unpaired) electrons. The van der Waals surface area contributed by atoms with Gasteiger partial charge in [0.15, 0.2) is 0 Å². The molecule has 9 heteroatoms. The smallest absolute Gasteiger partial charge is 0.230 e. The van der Waals surface area contributed by atoms with E-state index in [0.717, 1.165) is 88.7 Å². The van der Waals surface area contributed by atoms with Gasteiger partial charge in [-0.25, -0.2) is 4.98 Å². The molecule has 0 bridgehead atoms. The van der Waals surface area contributed by atoms with Crippen molar-refractivity contribution >= 4 is 34.9 Å². The van der Waals surface area contributed by atoms with Gasteiger partial charge in [0.05, 0.1) is 5.69 Å². The quantitative estimate of drug-likeness (QED) is 0.376. The maximum atomic E-state index is 13.9. The summed E-state index contributed by atoms with van der Waals surface area (Å²) >= 11 is 6.50. The average Bonchev–Trinajstić information content (AvgIpc) is 3.91. The number of rotatable bonds is 7. The summed E-state index contributed by atoms with van der Waals surface area (Å²) in [7, 11) is 0. The number of fused-ring (bicyclic) bond motifs is 1. The fourth-order valence-electron chi connectivity index (χ4n) is 6.30. The van der Waals surface area contributed by atoms with Crippen LogP contribution in [0.5, 0.6) is 0 Å². The van der Waals surface area contributed by atoms with Crippen LogP contribution in [0.4, 0.5) is 11.5 Å². The summed E-state index contributed by atoms with van der Waals surface area (Å²) < 4.78 is 0. The van der Waals surface area contributed by atoms with Gasteiger partial charge in [0.1, 0.15) is 5.82 Å². The molecule has 2 fully saturated rings. The number of benzene rings is 2. The molecule has 3 aromatic rings. The molecule has 44 heavy (non-hydrogen) atoms. The lowest BCUT2D eigenvalue weighted by atomic mass is 10.1. The second-order valence-electron chi connectivity index (χ2n) is 12.2. The van der Waals surface area contributed by atoms with Gasteiger partial charge in [-0.2, -0.15) is 0 Å². The van der Waals surface area contributed by atoms with Crippen molar-refractivity contribution in [2.75, 3.05) is 68.7 Å². The fourth-order valence-corrected chi connectivity index (χ4v) is 6.47. The molecule has 0 spiro atoms. The normalized spacial score (nSPS) is 18.9. The van der Waals surface area contributed by atoms with Gasteiger partial charge in [0.25, 0.3) is 0 Å². The van der Waals surface area contributed by atoms with Crippen LogP contribution in [0.15, 0.2) is 72.9 Å². The highest BCUT2D eigenvalue weighted by Gasteiger charge is 2.35. The molecule has 6 rings (SSSR count). The Morgan fingerprint density at radius 2 is 1.59 bits per heavy atom. The molecule has 0 atom stereocenters. The molecule has 0 unspecified atom stereocenters. The minimum Gasteiger partial charge on any atom is -0.354 e. The van der Waals surface area contributed by atoms with Crippen molar-refractivity contribution in [1.82, 2.24) is 19.7 Å². The Morgan fingerprint density at radius 3 is 2.34 bits per heavy atom. The number of nitrogens with zero attached hydrogens (tertiary/aromatic N) is 6. The van der Waals surface area contributed by atoms with Crippen LogP contribution >= 0.6 is 11.6 Å². The molecule has 1 aliphatic carbocycles. The number of hydrogen-bond donors (Lipinski definition) is 0. The number of aromatic nitrogens is 1. The van der Waals surface area contributed by atoms with Crippen LogP contribution < -0.4 is 9.80 Å². The zero-order valence-corrected chi connectivity index (χ0v) is 26.2. The Balaban J connectivity index is 1.17. The molecule has 8 nitrogen and oxygen atoms in total. The van der Waals surface area contributed by atoms with Crippen molar-refractivity contribution in [3.8, 4) is 0 Å². The molecule has 2 aromatic carbocycles. The highest BCUT2D eigenvalue weighted by Crippen LogP contribution is 2.35. The topological polar surface area (TPSA) is 63.2 Å². The summed E-state index contributed by atoms with van der Waals surface area (Å²) in [4.78, 5) is 43.0. The van der Waals surface area contributed by atoms with Crippen LogP contribution in [0.2, 0.25) is 5.02 Å². The third kappa shape index (κ3) is 7.97. The van der Waals surface area contributed by atoms with Gasteiger partial charge in [-0.1, -0.05) is 54.1 Å². The van der Waals surface area contributed by atoms with Crippen molar-refractivity contribution in [3.05, 3.63) is 89.1 Å². The second kappa shape index (κ2) is 14.5. The lowest BCUT2D eigenvalue weighted by molar-refractivity contribution is -0.132. The minimum absolute atomic E-state index is 0.100. The van der Waals surface area contributed by atoms with Crippen LogP contribution in [-0.4, -0.2) is 90.4 Å². The third-order valence-corrected chi connectivity index (χ3v) is 9.26. The first kappa shape index (κ1) is 30.6. The van der Waals surface area contributed by atoms with E-state index in [-0.39, 0.29) is 17.7 Å². The molecule has 2 aliphatic heterocycles. The van der Waals surface area contributed by atoms with Crippen molar-refractivity contribution in [1.29, 1.82) is 0 Å². The van der Waals surface area contributed by atoms with Gasteiger partial charge in [0.2, 0.25) is 11.8 Å². The number of halogens is 1. The van der Waals surface area contributed by atoms with Crippen LogP contribution in [0, 0.1) is 5.92 Å². The average molecular weight is 615 g/mol. The van der Waals surface area contributed by atoms with Crippen LogP contribution in [0.25, 0.3) is 0 Å². The Morgan fingerprint density at radius 1 is 0.818 bits per heavy atom. The summed E-state index contributed by atoms with van der Waals surface area (Å²) in [5.41, 5.74) is 3.10. The molecular formula is C35H43ClN6O2. The largest absolute Gasteiger partial charge is 0.354 e. The monoisotopic (exact) mass is 614 g/mol. The number of anilines is 2. The number of hydrogen-bond acceptors (Lipinski definition) is 6. The number of pyridine rings is 1. The molecular weight excluding hydrogens is 572 g/mol. The van der Waals surface area contributed by atoms with E-state index >= 15 is 0 Å². The van der Waals surface area contributed by atoms with E-state index in [1.54, 1.807) is 0 Å². The SMILES string of the molecule is O=C(CCN1CCN(c2ccccn2)CC1)N1CCN(Cc2ccccc2)CCCN(C(=O)C2CC2)c2cc(Cl)ccc2C1. The van der Waals surface area contributed by atoms with Crippen LogP contribution in [-0.2, 0) is 22.7 Å². The van der Waals surface area contributed by atoms with Gasteiger partial charge in [-0.15, -0.1) is 0 Å². The second-order valence-corrected chi connectivity index (χ2v) is 12.7. The van der Waals surface area contributed by atoms with E-state index in [2.05, 4.69) is 50.0 Å². The highest BCUT2D eigenvalue weighted by atomic mass is 35.5. The highest BCUT2D eigenvalue weighted by molar-refractivity contribution is 6.31. The van der Waals surface area contributed by atoms with Gasteiger partial charge >= 0.3 is 0 Å². The van der Waals surface area contributed by atoms with E-state index < -0.39 is 0 Å². The minimum atomic E-state index is 0.100. The molecule has 0 N–H and O–H groups in total. The summed E-state index contributed by atoms with van der Waals surface area (Å²) in [5, 5.41) is 0.612. The van der Waals surface area contributed by atoms with E-state index in [1.807, 2.05) is 52.4 Å². The standard InChI is InChI=1S/C35H43ClN6O2/c36-31-13-12-30-27-41(34(43)14-18-38-19-22-40(23-20-38)33-9-4-5-15-37-33)24-21-39(26-28-7-2-1-3-8-28)16-6-17-42(32(30)25-31)35(44)29-10-11-29/h1-5,7-9,12-13,15,25,29H,6,10-11,14,16-24,26-27H2. The number of amides is 2. The molecule has 1 saturated heterocycles. The molecule has 1 aromatic heterocycles. The van der Waals surface area contributed by atoms with Crippen LogP contribution in [0.3, 0.4) is 0 Å². The first-order valence-corrected chi connectivity index (χ1v) is 16.4. The lowest BCUT2D eigenvalue weighted by Gasteiger charge is -2.35. The maximum Gasteiger partial charge on any atom is 0.230 e. The summed E-state index contributed by atoms with van der Waals surface area (Å²) in [6.45, 7) is 8.56. The van der Waals surface area contributed by atoms with Crippen molar-refractivity contribution < 1.29 is 9.59 Å². The Labute approximate surface area is 266 Å². The fraction of sp³-hybridized carbons (Fsp3) is 0.457.